The Morgan fingerprint density at radius 1 is 1.35 bits per heavy atom. The molecule has 0 aliphatic rings. The van der Waals surface area contributed by atoms with Crippen LogP contribution in [-0.4, -0.2) is 18.6 Å². The van der Waals surface area contributed by atoms with Crippen molar-refractivity contribution in [3.63, 3.8) is 0 Å². The van der Waals surface area contributed by atoms with Gasteiger partial charge in [0, 0.05) is 6.07 Å². The zero-order valence-corrected chi connectivity index (χ0v) is 9.33. The standard InChI is InChI=1S/C9H9FN4O2S/c10-7-5-6(1-2-8(7)11)14-17(15,16)9-3-4-12-13-9/h1-5,14H,11H2,(H,12,13). The van der Waals surface area contributed by atoms with Gasteiger partial charge in [0.05, 0.1) is 17.6 Å². The first kappa shape index (κ1) is 11.4. The van der Waals surface area contributed by atoms with E-state index < -0.39 is 15.8 Å². The number of nitrogens with two attached hydrogens (primary N) is 1. The van der Waals surface area contributed by atoms with E-state index in [9.17, 15) is 12.8 Å². The number of sulfonamides is 1. The molecule has 0 unspecified atom stereocenters. The van der Waals surface area contributed by atoms with E-state index in [0.717, 1.165) is 6.07 Å². The number of nitrogens with zero attached hydrogens (tertiary/aromatic N) is 1. The minimum Gasteiger partial charge on any atom is -0.396 e. The second kappa shape index (κ2) is 4.06. The molecule has 4 N–H and O–H groups in total. The fourth-order valence-corrected chi connectivity index (χ4v) is 2.15. The molecule has 17 heavy (non-hydrogen) atoms. The van der Waals surface area contributed by atoms with E-state index in [0.29, 0.717) is 0 Å². The van der Waals surface area contributed by atoms with Gasteiger partial charge in [0.2, 0.25) is 0 Å². The van der Waals surface area contributed by atoms with Gasteiger partial charge in [0.25, 0.3) is 10.0 Å². The van der Waals surface area contributed by atoms with Crippen molar-refractivity contribution < 1.29 is 12.8 Å². The molecule has 1 aromatic carbocycles. The summed E-state index contributed by atoms with van der Waals surface area (Å²) in [6, 6.07) is 4.94. The Bertz CT molecular complexity index is 624. The van der Waals surface area contributed by atoms with E-state index in [1.165, 1.54) is 24.4 Å². The SMILES string of the molecule is Nc1ccc(NS(=O)(=O)c2ccn[nH]2)cc1F. The van der Waals surface area contributed by atoms with Crippen LogP contribution in [0.4, 0.5) is 15.8 Å². The maximum atomic E-state index is 13.1. The molecule has 0 bridgehead atoms. The summed E-state index contributed by atoms with van der Waals surface area (Å²) < 4.78 is 38.8. The van der Waals surface area contributed by atoms with Crippen LogP contribution in [0, 0.1) is 5.82 Å². The van der Waals surface area contributed by atoms with E-state index in [-0.39, 0.29) is 16.4 Å². The maximum Gasteiger partial charge on any atom is 0.278 e. The van der Waals surface area contributed by atoms with Crippen LogP contribution in [0.15, 0.2) is 35.5 Å². The molecule has 0 spiro atoms. The molecule has 1 heterocycles. The summed E-state index contributed by atoms with van der Waals surface area (Å²) in [6.07, 6.45) is 1.30. The minimum absolute atomic E-state index is 0.0468. The number of rotatable bonds is 3. The molecule has 6 nitrogen and oxygen atoms in total. The molecule has 2 aromatic rings. The predicted octanol–water partition coefficient (Wildman–Crippen LogP) is 0.932. The average molecular weight is 256 g/mol. The Balaban J connectivity index is 2.30. The van der Waals surface area contributed by atoms with Crippen molar-refractivity contribution in [2.45, 2.75) is 5.03 Å². The molecule has 0 atom stereocenters. The summed E-state index contributed by atoms with van der Waals surface area (Å²) in [7, 11) is -3.78. The van der Waals surface area contributed by atoms with Gasteiger partial charge in [-0.05, 0) is 18.2 Å². The zero-order valence-electron chi connectivity index (χ0n) is 8.51. The molecular weight excluding hydrogens is 247 g/mol. The number of nitrogens with one attached hydrogen (secondary N) is 2. The molecule has 0 aliphatic carbocycles. The summed E-state index contributed by atoms with van der Waals surface area (Å²) in [5.74, 6) is -0.685. The van der Waals surface area contributed by atoms with Crippen molar-refractivity contribution in [2.75, 3.05) is 10.5 Å². The number of aromatic amines is 1. The Morgan fingerprint density at radius 2 is 2.12 bits per heavy atom. The smallest absolute Gasteiger partial charge is 0.278 e. The molecule has 0 amide bonds. The summed E-state index contributed by atoms with van der Waals surface area (Å²) in [5, 5.41) is 5.73. The first-order valence-electron chi connectivity index (χ1n) is 4.56. The third-order valence-electron chi connectivity index (χ3n) is 2.02. The van der Waals surface area contributed by atoms with Crippen LogP contribution in [0.25, 0.3) is 0 Å². The Morgan fingerprint density at radius 3 is 2.71 bits per heavy atom. The number of H-pyrrole nitrogens is 1. The number of hydrogen-bond acceptors (Lipinski definition) is 4. The molecular formula is C9H9FN4O2S. The number of benzene rings is 1. The molecule has 0 saturated heterocycles. The average Bonchev–Trinajstić information content (AvgIpc) is 2.77. The molecule has 8 heteroatoms. The topological polar surface area (TPSA) is 101 Å². The lowest BCUT2D eigenvalue weighted by Gasteiger charge is -2.06. The molecule has 0 aliphatic heterocycles. The van der Waals surface area contributed by atoms with Gasteiger partial charge in [-0.2, -0.15) is 13.5 Å². The highest BCUT2D eigenvalue weighted by Gasteiger charge is 2.15. The van der Waals surface area contributed by atoms with Crippen LogP contribution in [0.5, 0.6) is 0 Å². The second-order valence-corrected chi connectivity index (χ2v) is 4.91. The molecule has 0 fully saturated rings. The monoisotopic (exact) mass is 256 g/mol. The molecule has 1 aromatic heterocycles. The lowest BCUT2D eigenvalue weighted by molar-refractivity contribution is 0.597. The summed E-state index contributed by atoms with van der Waals surface area (Å²) in [6.45, 7) is 0. The number of nitrogen functional groups attached to an aromatic ring is 1. The predicted molar refractivity (Wildman–Crippen MR) is 60.2 cm³/mol. The van der Waals surface area contributed by atoms with Gasteiger partial charge in [0.1, 0.15) is 5.82 Å². The van der Waals surface area contributed by atoms with Crippen LogP contribution >= 0.6 is 0 Å². The van der Waals surface area contributed by atoms with E-state index >= 15 is 0 Å². The number of hydrogen-bond donors (Lipinski definition) is 3. The first-order chi connectivity index (χ1) is 7.99. The van der Waals surface area contributed by atoms with Crippen molar-refractivity contribution in [2.24, 2.45) is 0 Å². The van der Waals surface area contributed by atoms with E-state index in [1.807, 2.05) is 0 Å². The van der Waals surface area contributed by atoms with Crippen LogP contribution in [0.1, 0.15) is 0 Å². The quantitative estimate of drug-likeness (QED) is 0.711. The van der Waals surface area contributed by atoms with Crippen LogP contribution in [0.3, 0.4) is 0 Å². The number of anilines is 2. The summed E-state index contributed by atoms with van der Waals surface area (Å²) >= 11 is 0. The van der Waals surface area contributed by atoms with Gasteiger partial charge in [-0.15, -0.1) is 0 Å². The van der Waals surface area contributed by atoms with Gasteiger partial charge in [0.15, 0.2) is 5.03 Å². The maximum absolute atomic E-state index is 13.1. The van der Waals surface area contributed by atoms with Gasteiger partial charge in [-0.25, -0.2) is 4.39 Å². The van der Waals surface area contributed by atoms with Crippen molar-refractivity contribution >= 4 is 21.4 Å². The lowest BCUT2D eigenvalue weighted by atomic mass is 10.3. The minimum atomic E-state index is -3.78. The van der Waals surface area contributed by atoms with Gasteiger partial charge in [-0.3, -0.25) is 9.82 Å². The van der Waals surface area contributed by atoms with Gasteiger partial charge in [-0.1, -0.05) is 0 Å². The van der Waals surface area contributed by atoms with E-state index in [4.69, 9.17) is 5.73 Å². The first-order valence-corrected chi connectivity index (χ1v) is 6.04. The zero-order chi connectivity index (χ0) is 12.5. The molecule has 0 saturated carbocycles. The lowest BCUT2D eigenvalue weighted by Crippen LogP contribution is -2.13. The highest BCUT2D eigenvalue weighted by atomic mass is 32.2. The van der Waals surface area contributed by atoms with Crippen LogP contribution < -0.4 is 10.5 Å². The van der Waals surface area contributed by atoms with Gasteiger partial charge < -0.3 is 5.73 Å². The summed E-state index contributed by atoms with van der Waals surface area (Å²) in [4.78, 5) is 0. The third kappa shape index (κ3) is 2.36. The van der Waals surface area contributed by atoms with E-state index in [2.05, 4.69) is 14.9 Å². The van der Waals surface area contributed by atoms with Gasteiger partial charge >= 0.3 is 0 Å². The van der Waals surface area contributed by atoms with E-state index in [1.54, 1.807) is 0 Å². The highest BCUT2D eigenvalue weighted by Crippen LogP contribution is 2.18. The number of aromatic nitrogens is 2. The number of halogens is 1. The largest absolute Gasteiger partial charge is 0.396 e. The van der Waals surface area contributed by atoms with Crippen molar-refractivity contribution in [1.29, 1.82) is 0 Å². The summed E-state index contributed by atoms with van der Waals surface area (Å²) in [5.41, 5.74) is 5.32. The normalized spacial score (nSPS) is 11.4. The third-order valence-corrected chi connectivity index (χ3v) is 3.33. The van der Waals surface area contributed by atoms with Crippen LogP contribution in [-0.2, 0) is 10.0 Å². The van der Waals surface area contributed by atoms with Crippen molar-refractivity contribution in [3.8, 4) is 0 Å². The molecule has 90 valence electrons. The fraction of sp³-hybridized carbons (Fsp3) is 0. The van der Waals surface area contributed by atoms with Crippen LogP contribution in [0.2, 0.25) is 0 Å². The van der Waals surface area contributed by atoms with Crippen molar-refractivity contribution in [3.05, 3.63) is 36.3 Å². The highest BCUT2D eigenvalue weighted by molar-refractivity contribution is 7.92. The Labute approximate surface area is 96.7 Å². The Kier molecular flexibility index (Phi) is 2.72. The Hall–Kier alpha value is -2.09. The molecule has 2 rings (SSSR count). The van der Waals surface area contributed by atoms with Crippen molar-refractivity contribution in [1.82, 2.24) is 10.2 Å². The fourth-order valence-electron chi connectivity index (χ4n) is 1.19. The molecule has 0 radical (unpaired) electrons. The second-order valence-electron chi connectivity index (χ2n) is 3.26.